The molecular formula is C15H21N5O2. The van der Waals surface area contributed by atoms with Gasteiger partial charge in [-0.3, -0.25) is 4.79 Å². The van der Waals surface area contributed by atoms with Crippen molar-refractivity contribution in [3.05, 3.63) is 35.2 Å². The summed E-state index contributed by atoms with van der Waals surface area (Å²) in [5.74, 6) is 0.570. The van der Waals surface area contributed by atoms with Gasteiger partial charge in [-0.05, 0) is 42.9 Å². The van der Waals surface area contributed by atoms with E-state index in [1.54, 1.807) is 0 Å². The minimum Gasteiger partial charge on any atom is -0.472 e. The number of primary amides is 1. The molecule has 22 heavy (non-hydrogen) atoms. The van der Waals surface area contributed by atoms with E-state index in [-0.39, 0.29) is 5.82 Å². The number of H-pyrrole nitrogens is 1. The standard InChI is InChI=1S/C15H21N5O2/c1-4-10(5-2)11-6-7-12(9(3)8-11)22-13(14(16)21)15-17-19-20-18-15/h6-8,10,13H,4-5H2,1-3H3,(H2,16,21)(H,17,18,19,20). The van der Waals surface area contributed by atoms with Crippen molar-refractivity contribution in [3.8, 4) is 5.75 Å². The number of benzene rings is 1. The van der Waals surface area contributed by atoms with Crippen LogP contribution in [0.2, 0.25) is 0 Å². The normalized spacial score (nSPS) is 12.4. The van der Waals surface area contributed by atoms with Crippen LogP contribution in [-0.2, 0) is 4.79 Å². The quantitative estimate of drug-likeness (QED) is 0.813. The molecule has 3 N–H and O–H groups in total. The molecule has 0 fully saturated rings. The van der Waals surface area contributed by atoms with Gasteiger partial charge in [0.05, 0.1) is 0 Å². The van der Waals surface area contributed by atoms with E-state index in [1.165, 1.54) is 5.56 Å². The number of nitrogens with two attached hydrogens (primary N) is 1. The first-order chi connectivity index (χ1) is 10.6. The van der Waals surface area contributed by atoms with E-state index in [1.807, 2.05) is 19.1 Å². The number of carbonyl (C=O) groups is 1. The highest BCUT2D eigenvalue weighted by Crippen LogP contribution is 2.29. The van der Waals surface area contributed by atoms with Gasteiger partial charge in [0.1, 0.15) is 5.75 Å². The fourth-order valence-corrected chi connectivity index (χ4v) is 2.46. The third kappa shape index (κ3) is 3.41. The third-order valence-electron chi connectivity index (χ3n) is 3.76. The number of nitrogens with one attached hydrogen (secondary N) is 1. The van der Waals surface area contributed by atoms with Gasteiger partial charge < -0.3 is 10.5 Å². The fraction of sp³-hybridized carbons (Fsp3) is 0.467. The van der Waals surface area contributed by atoms with Gasteiger partial charge in [0.2, 0.25) is 11.9 Å². The second-order valence-corrected chi connectivity index (χ2v) is 5.21. The number of hydrogen-bond donors (Lipinski definition) is 2. The number of tetrazole rings is 1. The van der Waals surface area contributed by atoms with Crippen molar-refractivity contribution < 1.29 is 9.53 Å². The predicted molar refractivity (Wildman–Crippen MR) is 81.2 cm³/mol. The maximum Gasteiger partial charge on any atom is 0.266 e. The SMILES string of the molecule is CCC(CC)c1ccc(OC(C(N)=O)c2nn[nH]n2)c(C)c1. The smallest absolute Gasteiger partial charge is 0.266 e. The molecule has 0 saturated heterocycles. The molecule has 0 aliphatic carbocycles. The number of hydrogen-bond acceptors (Lipinski definition) is 5. The fourth-order valence-electron chi connectivity index (χ4n) is 2.46. The van der Waals surface area contributed by atoms with E-state index in [9.17, 15) is 4.79 Å². The molecule has 0 aliphatic heterocycles. The van der Waals surface area contributed by atoms with Crippen molar-refractivity contribution in [2.24, 2.45) is 5.73 Å². The van der Waals surface area contributed by atoms with Crippen LogP contribution in [0.4, 0.5) is 0 Å². The van der Waals surface area contributed by atoms with Crippen molar-refractivity contribution >= 4 is 5.91 Å². The first-order valence-electron chi connectivity index (χ1n) is 7.36. The van der Waals surface area contributed by atoms with Crippen LogP contribution in [0.5, 0.6) is 5.75 Å². The molecule has 118 valence electrons. The number of rotatable bonds is 7. The van der Waals surface area contributed by atoms with Crippen LogP contribution in [0.25, 0.3) is 0 Å². The maximum absolute atomic E-state index is 11.6. The van der Waals surface area contributed by atoms with Gasteiger partial charge in [-0.15, -0.1) is 10.2 Å². The number of aromatic nitrogens is 4. The molecule has 1 aromatic carbocycles. The van der Waals surface area contributed by atoms with E-state index in [0.717, 1.165) is 18.4 Å². The van der Waals surface area contributed by atoms with Gasteiger partial charge >= 0.3 is 0 Å². The highest BCUT2D eigenvalue weighted by molar-refractivity contribution is 5.79. The molecule has 1 unspecified atom stereocenters. The van der Waals surface area contributed by atoms with Crippen LogP contribution >= 0.6 is 0 Å². The van der Waals surface area contributed by atoms with Gasteiger partial charge in [-0.25, -0.2) is 0 Å². The van der Waals surface area contributed by atoms with Crippen LogP contribution in [0.1, 0.15) is 55.7 Å². The maximum atomic E-state index is 11.6. The molecule has 2 aromatic rings. The Bertz CT molecular complexity index is 623. The second-order valence-electron chi connectivity index (χ2n) is 5.21. The number of aromatic amines is 1. The summed E-state index contributed by atoms with van der Waals surface area (Å²) >= 11 is 0. The molecule has 0 saturated carbocycles. The van der Waals surface area contributed by atoms with Crippen LogP contribution in [0.15, 0.2) is 18.2 Å². The van der Waals surface area contributed by atoms with Gasteiger partial charge in [0, 0.05) is 0 Å². The van der Waals surface area contributed by atoms with E-state index >= 15 is 0 Å². The van der Waals surface area contributed by atoms with Gasteiger partial charge in [0.15, 0.2) is 0 Å². The lowest BCUT2D eigenvalue weighted by Gasteiger charge is -2.18. The highest BCUT2D eigenvalue weighted by Gasteiger charge is 2.25. The molecule has 0 spiro atoms. The molecule has 2 rings (SSSR count). The van der Waals surface area contributed by atoms with E-state index in [2.05, 4.69) is 40.5 Å². The molecule has 0 aliphatic rings. The molecule has 1 amide bonds. The van der Waals surface area contributed by atoms with Crippen molar-refractivity contribution in [2.45, 2.75) is 45.6 Å². The Kier molecular flexibility index (Phi) is 5.08. The summed E-state index contributed by atoms with van der Waals surface area (Å²) in [6.45, 7) is 6.29. The molecule has 7 heteroatoms. The Morgan fingerprint density at radius 1 is 1.36 bits per heavy atom. The summed E-state index contributed by atoms with van der Waals surface area (Å²) in [5, 5.41) is 13.2. The minimum absolute atomic E-state index is 0.121. The summed E-state index contributed by atoms with van der Waals surface area (Å²) in [6, 6.07) is 5.97. The largest absolute Gasteiger partial charge is 0.472 e. The minimum atomic E-state index is -1.06. The third-order valence-corrected chi connectivity index (χ3v) is 3.76. The predicted octanol–water partition coefficient (Wildman–Crippen LogP) is 2.02. The average Bonchev–Trinajstić information content (AvgIpc) is 3.01. The van der Waals surface area contributed by atoms with Gasteiger partial charge in [-0.1, -0.05) is 31.2 Å². The Morgan fingerprint density at radius 3 is 2.59 bits per heavy atom. The summed E-state index contributed by atoms with van der Waals surface area (Å²) in [6.07, 6.45) is 1.11. The number of ether oxygens (including phenoxy) is 1. The topological polar surface area (TPSA) is 107 Å². The van der Waals surface area contributed by atoms with E-state index in [4.69, 9.17) is 10.5 Å². The number of carbonyl (C=O) groups excluding carboxylic acids is 1. The molecule has 1 atom stereocenters. The Hall–Kier alpha value is -2.44. The molecule has 0 bridgehead atoms. The van der Waals surface area contributed by atoms with Crippen LogP contribution < -0.4 is 10.5 Å². The molecular weight excluding hydrogens is 282 g/mol. The van der Waals surface area contributed by atoms with Crippen molar-refractivity contribution in [1.29, 1.82) is 0 Å². The van der Waals surface area contributed by atoms with Crippen LogP contribution in [-0.4, -0.2) is 26.5 Å². The highest BCUT2D eigenvalue weighted by atomic mass is 16.5. The first kappa shape index (κ1) is 15.9. The van der Waals surface area contributed by atoms with Crippen molar-refractivity contribution in [1.82, 2.24) is 20.6 Å². The molecule has 1 heterocycles. The number of amides is 1. The molecule has 7 nitrogen and oxygen atoms in total. The molecule has 1 aromatic heterocycles. The van der Waals surface area contributed by atoms with Gasteiger partial charge in [-0.2, -0.15) is 5.21 Å². The zero-order chi connectivity index (χ0) is 16.1. The zero-order valence-corrected chi connectivity index (χ0v) is 13.0. The Morgan fingerprint density at radius 2 is 2.09 bits per heavy atom. The Balaban J connectivity index is 2.24. The van der Waals surface area contributed by atoms with Crippen molar-refractivity contribution in [3.63, 3.8) is 0 Å². The van der Waals surface area contributed by atoms with E-state index < -0.39 is 12.0 Å². The zero-order valence-electron chi connectivity index (χ0n) is 13.0. The monoisotopic (exact) mass is 303 g/mol. The number of nitrogens with zero attached hydrogens (tertiary/aromatic N) is 3. The lowest BCUT2D eigenvalue weighted by atomic mass is 9.93. The lowest BCUT2D eigenvalue weighted by molar-refractivity contribution is -0.125. The summed E-state index contributed by atoms with van der Waals surface area (Å²) < 4.78 is 5.69. The summed E-state index contributed by atoms with van der Waals surface area (Å²) in [5.41, 5.74) is 7.57. The van der Waals surface area contributed by atoms with E-state index in [0.29, 0.717) is 11.7 Å². The summed E-state index contributed by atoms with van der Waals surface area (Å²) in [4.78, 5) is 11.6. The Labute approximate surface area is 129 Å². The summed E-state index contributed by atoms with van der Waals surface area (Å²) in [7, 11) is 0. The second kappa shape index (κ2) is 7.02. The number of aryl methyl sites for hydroxylation is 1. The van der Waals surface area contributed by atoms with Gasteiger partial charge in [0.25, 0.3) is 5.91 Å². The van der Waals surface area contributed by atoms with Crippen LogP contribution in [0.3, 0.4) is 0 Å². The lowest BCUT2D eigenvalue weighted by Crippen LogP contribution is -2.27. The molecule has 0 radical (unpaired) electrons. The average molecular weight is 303 g/mol. The van der Waals surface area contributed by atoms with Crippen LogP contribution in [0, 0.1) is 6.92 Å². The van der Waals surface area contributed by atoms with Crippen molar-refractivity contribution in [2.75, 3.05) is 0 Å². The first-order valence-corrected chi connectivity index (χ1v) is 7.36.